The summed E-state index contributed by atoms with van der Waals surface area (Å²) < 4.78 is 7.15. The van der Waals surface area contributed by atoms with Crippen LogP contribution < -0.4 is 0 Å². The summed E-state index contributed by atoms with van der Waals surface area (Å²) in [6, 6.07) is 2.17. The summed E-state index contributed by atoms with van der Waals surface area (Å²) >= 11 is 0. The Morgan fingerprint density at radius 2 is 2.19 bits per heavy atom. The molecule has 0 bridgehead atoms. The molecule has 0 N–H and O–H groups in total. The van der Waals surface area contributed by atoms with E-state index in [2.05, 4.69) is 31.9 Å². The maximum absolute atomic E-state index is 9.10. The molecule has 4 nitrogen and oxygen atoms in total. The van der Waals surface area contributed by atoms with Gasteiger partial charge in [0.05, 0.1) is 11.8 Å². The van der Waals surface area contributed by atoms with Crippen LogP contribution in [0.25, 0.3) is 0 Å². The Hall–Kier alpha value is -1.34. The number of aromatic nitrogens is 2. The van der Waals surface area contributed by atoms with E-state index in [-0.39, 0.29) is 5.41 Å². The molecule has 1 aromatic heterocycles. The van der Waals surface area contributed by atoms with Gasteiger partial charge in [-0.1, -0.05) is 20.8 Å². The summed E-state index contributed by atoms with van der Waals surface area (Å²) in [5, 5.41) is 13.5. The van der Waals surface area contributed by atoms with E-state index in [1.165, 1.54) is 0 Å². The van der Waals surface area contributed by atoms with Gasteiger partial charge in [-0.15, -0.1) is 0 Å². The van der Waals surface area contributed by atoms with Crippen LogP contribution in [0.15, 0.2) is 6.20 Å². The van der Waals surface area contributed by atoms with Crippen LogP contribution in [0.4, 0.5) is 0 Å². The molecule has 0 saturated heterocycles. The fourth-order valence-corrected chi connectivity index (χ4v) is 1.64. The van der Waals surface area contributed by atoms with Crippen molar-refractivity contribution in [3.63, 3.8) is 0 Å². The number of aryl methyl sites for hydroxylation is 1. The van der Waals surface area contributed by atoms with E-state index in [1.807, 2.05) is 20.2 Å². The van der Waals surface area contributed by atoms with Crippen LogP contribution in [-0.2, 0) is 17.2 Å². The molecule has 1 rings (SSSR count). The Morgan fingerprint density at radius 1 is 1.56 bits per heavy atom. The zero-order chi connectivity index (χ0) is 12.3. The molecule has 0 aliphatic rings. The molecule has 88 valence electrons. The number of hydrogen-bond donors (Lipinski definition) is 0. The van der Waals surface area contributed by atoms with Gasteiger partial charge in [0.25, 0.3) is 0 Å². The third-order valence-corrected chi connectivity index (χ3v) is 2.30. The molecule has 0 saturated carbocycles. The van der Waals surface area contributed by atoms with E-state index in [1.54, 1.807) is 4.68 Å². The van der Waals surface area contributed by atoms with Crippen LogP contribution in [0.2, 0.25) is 0 Å². The van der Waals surface area contributed by atoms with Crippen LogP contribution in [0.3, 0.4) is 0 Å². The maximum Gasteiger partial charge on any atom is 0.172 e. The Balaban J connectivity index is 3.17. The van der Waals surface area contributed by atoms with Gasteiger partial charge in [0.2, 0.25) is 0 Å². The highest BCUT2D eigenvalue weighted by Crippen LogP contribution is 2.29. The molecule has 4 heteroatoms. The van der Waals surface area contributed by atoms with Crippen LogP contribution in [-0.4, -0.2) is 16.4 Å². The quantitative estimate of drug-likeness (QED) is 0.787. The van der Waals surface area contributed by atoms with Gasteiger partial charge in [0.1, 0.15) is 0 Å². The maximum atomic E-state index is 9.10. The molecule has 0 fully saturated rings. The molecule has 0 radical (unpaired) electrons. The lowest BCUT2D eigenvalue weighted by Crippen LogP contribution is -2.16. The fraction of sp³-hybridized carbons (Fsp3) is 0.667. The summed E-state index contributed by atoms with van der Waals surface area (Å²) in [7, 11) is 1.86. The van der Waals surface area contributed by atoms with Crippen molar-refractivity contribution >= 4 is 0 Å². The molecule has 0 aromatic carbocycles. The Kier molecular flexibility index (Phi) is 3.71. The first-order valence-electron chi connectivity index (χ1n) is 5.45. The summed E-state index contributed by atoms with van der Waals surface area (Å²) in [6.45, 7) is 8.66. The highest BCUT2D eigenvalue weighted by molar-refractivity contribution is 5.29. The van der Waals surface area contributed by atoms with Crippen LogP contribution in [0, 0.1) is 11.3 Å². The number of rotatable bonds is 3. The van der Waals surface area contributed by atoms with Gasteiger partial charge >= 0.3 is 0 Å². The van der Waals surface area contributed by atoms with Crippen LogP contribution >= 0.6 is 0 Å². The fourth-order valence-electron chi connectivity index (χ4n) is 1.64. The van der Waals surface area contributed by atoms with E-state index < -0.39 is 6.10 Å². The SMILES string of the molecule is CCOC(C#N)c1cn(C)nc1C(C)(C)C. The second kappa shape index (κ2) is 4.67. The minimum Gasteiger partial charge on any atom is -0.359 e. The lowest BCUT2D eigenvalue weighted by atomic mass is 9.88. The average molecular weight is 221 g/mol. The average Bonchev–Trinajstić information content (AvgIpc) is 2.56. The van der Waals surface area contributed by atoms with Crippen LogP contribution in [0.1, 0.15) is 45.1 Å². The third-order valence-electron chi connectivity index (χ3n) is 2.30. The van der Waals surface area contributed by atoms with E-state index in [0.717, 1.165) is 11.3 Å². The van der Waals surface area contributed by atoms with Crippen molar-refractivity contribution in [2.75, 3.05) is 6.61 Å². The first-order chi connectivity index (χ1) is 7.40. The molecule has 1 heterocycles. The molecule has 1 aromatic rings. The summed E-state index contributed by atoms with van der Waals surface area (Å²) in [5.41, 5.74) is 1.72. The molecular formula is C12H19N3O. The van der Waals surface area contributed by atoms with Gasteiger partial charge in [-0.05, 0) is 6.92 Å². The second-order valence-electron chi connectivity index (χ2n) is 4.82. The predicted molar refractivity (Wildman–Crippen MR) is 61.9 cm³/mol. The van der Waals surface area contributed by atoms with E-state index in [4.69, 9.17) is 10.00 Å². The first-order valence-corrected chi connectivity index (χ1v) is 5.45. The van der Waals surface area contributed by atoms with Gasteiger partial charge in [0, 0.05) is 30.8 Å². The van der Waals surface area contributed by atoms with Crippen molar-refractivity contribution in [3.05, 3.63) is 17.5 Å². The Labute approximate surface area is 96.8 Å². The summed E-state index contributed by atoms with van der Waals surface area (Å²) in [5.74, 6) is 0. The van der Waals surface area contributed by atoms with Gasteiger partial charge in [0.15, 0.2) is 6.10 Å². The number of nitrogens with zero attached hydrogens (tertiary/aromatic N) is 3. The zero-order valence-corrected chi connectivity index (χ0v) is 10.6. The lowest BCUT2D eigenvalue weighted by Gasteiger charge is -2.19. The van der Waals surface area contributed by atoms with Crippen LogP contribution in [0.5, 0.6) is 0 Å². The number of ether oxygens (including phenoxy) is 1. The molecule has 1 unspecified atom stereocenters. The van der Waals surface area contributed by atoms with Crippen molar-refractivity contribution in [2.45, 2.75) is 39.2 Å². The van der Waals surface area contributed by atoms with E-state index >= 15 is 0 Å². The first kappa shape index (κ1) is 12.7. The number of nitriles is 1. The summed E-state index contributed by atoms with van der Waals surface area (Å²) in [6.07, 6.45) is 1.34. The smallest absolute Gasteiger partial charge is 0.172 e. The predicted octanol–water partition coefficient (Wildman–Crippen LogP) is 2.32. The molecule has 0 amide bonds. The van der Waals surface area contributed by atoms with Crippen molar-refractivity contribution in [1.82, 2.24) is 9.78 Å². The standard InChI is InChI=1S/C12H19N3O/c1-6-16-10(7-13)9-8-15(5)14-11(9)12(2,3)4/h8,10H,6H2,1-5H3. The molecule has 0 aliphatic carbocycles. The topological polar surface area (TPSA) is 50.8 Å². The zero-order valence-electron chi connectivity index (χ0n) is 10.6. The van der Waals surface area contributed by atoms with Gasteiger partial charge in [-0.25, -0.2) is 0 Å². The lowest BCUT2D eigenvalue weighted by molar-refractivity contribution is 0.101. The summed E-state index contributed by atoms with van der Waals surface area (Å²) in [4.78, 5) is 0. The van der Waals surface area contributed by atoms with Gasteiger partial charge < -0.3 is 4.74 Å². The molecule has 0 aliphatic heterocycles. The molecule has 1 atom stereocenters. The molecule has 16 heavy (non-hydrogen) atoms. The Bertz CT molecular complexity index is 395. The van der Waals surface area contributed by atoms with Gasteiger partial charge in [-0.3, -0.25) is 4.68 Å². The monoisotopic (exact) mass is 221 g/mol. The molecule has 0 spiro atoms. The van der Waals surface area contributed by atoms with Crippen molar-refractivity contribution in [2.24, 2.45) is 7.05 Å². The third kappa shape index (κ3) is 2.61. The van der Waals surface area contributed by atoms with Crippen molar-refractivity contribution < 1.29 is 4.74 Å². The minimum atomic E-state index is -0.520. The highest BCUT2D eigenvalue weighted by atomic mass is 16.5. The van der Waals surface area contributed by atoms with Crippen molar-refractivity contribution in [3.8, 4) is 6.07 Å². The van der Waals surface area contributed by atoms with Gasteiger partial charge in [-0.2, -0.15) is 10.4 Å². The highest BCUT2D eigenvalue weighted by Gasteiger charge is 2.26. The minimum absolute atomic E-state index is 0.0806. The van der Waals surface area contributed by atoms with E-state index in [9.17, 15) is 0 Å². The largest absolute Gasteiger partial charge is 0.359 e. The van der Waals surface area contributed by atoms with E-state index in [0.29, 0.717) is 6.61 Å². The molecular weight excluding hydrogens is 202 g/mol. The second-order valence-corrected chi connectivity index (χ2v) is 4.82. The number of hydrogen-bond acceptors (Lipinski definition) is 3. The normalized spacial score (nSPS) is 13.5. The van der Waals surface area contributed by atoms with Crippen molar-refractivity contribution in [1.29, 1.82) is 5.26 Å². The Morgan fingerprint density at radius 3 is 2.62 bits per heavy atom.